The van der Waals surface area contributed by atoms with Crippen LogP contribution in [-0.4, -0.2) is 36.1 Å². The smallest absolute Gasteiger partial charge is 0.238 e. The summed E-state index contributed by atoms with van der Waals surface area (Å²) < 4.78 is 28.0. The molecule has 4 N–H and O–H groups in total. The predicted octanol–water partition coefficient (Wildman–Crippen LogP) is 2.73. The maximum absolute atomic E-state index is 12.4. The molecule has 3 aromatic rings. The van der Waals surface area contributed by atoms with Gasteiger partial charge in [0, 0.05) is 11.8 Å². The number of aromatic nitrogens is 2. The fourth-order valence-corrected chi connectivity index (χ4v) is 3.81. The number of fused-ring (bicyclic) bond motifs is 1. The molecule has 10 heteroatoms. The predicted molar refractivity (Wildman–Crippen MR) is 109 cm³/mol. The summed E-state index contributed by atoms with van der Waals surface area (Å²) >= 11 is 1.29. The van der Waals surface area contributed by atoms with Crippen molar-refractivity contribution in [3.05, 3.63) is 42.5 Å². The maximum atomic E-state index is 12.4. The van der Waals surface area contributed by atoms with Crippen LogP contribution in [0.15, 0.2) is 52.5 Å². The molecule has 1 aromatic heterocycles. The molecule has 0 aliphatic rings. The van der Waals surface area contributed by atoms with Gasteiger partial charge in [-0.25, -0.2) is 18.5 Å². The van der Waals surface area contributed by atoms with E-state index in [1.54, 1.807) is 6.92 Å². The Morgan fingerprint density at radius 3 is 2.64 bits per heavy atom. The van der Waals surface area contributed by atoms with Crippen LogP contribution in [-0.2, 0) is 14.8 Å². The van der Waals surface area contributed by atoms with Crippen LogP contribution in [0.5, 0.6) is 5.75 Å². The Labute approximate surface area is 166 Å². The molecule has 0 fully saturated rings. The SMILES string of the molecule is CCOc1ccc2nc(SC(C)C(=O)Nc3ccc(S(N)(=O)=O)cc3)[nH]c2c1. The number of anilines is 1. The van der Waals surface area contributed by atoms with Crippen molar-refractivity contribution in [2.24, 2.45) is 5.14 Å². The molecule has 1 unspecified atom stereocenters. The number of benzene rings is 2. The summed E-state index contributed by atoms with van der Waals surface area (Å²) in [6, 6.07) is 11.3. The standard InChI is InChI=1S/C18H20N4O4S2/c1-3-26-13-6-9-15-16(10-13)22-18(21-15)27-11(2)17(23)20-12-4-7-14(8-5-12)28(19,24)25/h4-11H,3H2,1-2H3,(H,20,23)(H,21,22)(H2,19,24,25). The van der Waals surface area contributed by atoms with Gasteiger partial charge >= 0.3 is 0 Å². The van der Waals surface area contributed by atoms with E-state index in [-0.39, 0.29) is 10.8 Å². The number of thioether (sulfide) groups is 1. The third kappa shape index (κ3) is 4.83. The van der Waals surface area contributed by atoms with Gasteiger partial charge in [0.15, 0.2) is 5.16 Å². The highest BCUT2D eigenvalue weighted by molar-refractivity contribution is 8.00. The average Bonchev–Trinajstić information content (AvgIpc) is 3.03. The number of ether oxygens (including phenoxy) is 1. The second kappa shape index (κ2) is 8.21. The zero-order chi connectivity index (χ0) is 20.3. The lowest BCUT2D eigenvalue weighted by atomic mass is 10.3. The Hall–Kier alpha value is -2.56. The normalized spacial score (nSPS) is 12.7. The van der Waals surface area contributed by atoms with Crippen LogP contribution in [0.2, 0.25) is 0 Å². The zero-order valence-electron chi connectivity index (χ0n) is 15.3. The number of nitrogens with one attached hydrogen (secondary N) is 2. The summed E-state index contributed by atoms with van der Waals surface area (Å²) in [5, 5.41) is 8.00. The second-order valence-electron chi connectivity index (χ2n) is 5.97. The summed E-state index contributed by atoms with van der Waals surface area (Å²) in [5.74, 6) is 0.521. The lowest BCUT2D eigenvalue weighted by Gasteiger charge is -2.10. The van der Waals surface area contributed by atoms with E-state index in [1.165, 1.54) is 36.0 Å². The first kappa shape index (κ1) is 20.2. The molecule has 1 amide bonds. The number of rotatable bonds is 7. The summed E-state index contributed by atoms with van der Waals surface area (Å²) in [6.07, 6.45) is 0. The van der Waals surface area contributed by atoms with Crippen molar-refractivity contribution in [1.82, 2.24) is 9.97 Å². The van der Waals surface area contributed by atoms with Crippen LogP contribution in [0.1, 0.15) is 13.8 Å². The molecule has 2 aromatic carbocycles. The molecule has 0 radical (unpaired) electrons. The Bertz CT molecular complexity index is 1090. The molecule has 1 heterocycles. The Kier molecular flexibility index (Phi) is 5.92. The first-order valence-electron chi connectivity index (χ1n) is 8.49. The number of carbonyl (C=O) groups is 1. The molecular weight excluding hydrogens is 400 g/mol. The quantitative estimate of drug-likeness (QED) is 0.504. The summed E-state index contributed by atoms with van der Waals surface area (Å²) in [6.45, 7) is 4.26. The van der Waals surface area contributed by atoms with Crippen LogP contribution in [0.3, 0.4) is 0 Å². The van der Waals surface area contributed by atoms with Crippen molar-refractivity contribution >= 4 is 44.4 Å². The Morgan fingerprint density at radius 1 is 1.29 bits per heavy atom. The lowest BCUT2D eigenvalue weighted by molar-refractivity contribution is -0.115. The minimum Gasteiger partial charge on any atom is -0.494 e. The van der Waals surface area contributed by atoms with Crippen molar-refractivity contribution in [3.63, 3.8) is 0 Å². The van der Waals surface area contributed by atoms with E-state index in [2.05, 4.69) is 15.3 Å². The van der Waals surface area contributed by atoms with E-state index in [0.29, 0.717) is 17.5 Å². The van der Waals surface area contributed by atoms with Crippen molar-refractivity contribution in [2.45, 2.75) is 29.1 Å². The number of aromatic amines is 1. The fourth-order valence-electron chi connectivity index (χ4n) is 2.47. The second-order valence-corrected chi connectivity index (χ2v) is 8.86. The van der Waals surface area contributed by atoms with Crippen LogP contribution >= 0.6 is 11.8 Å². The van der Waals surface area contributed by atoms with E-state index in [1.807, 2.05) is 25.1 Å². The number of H-pyrrole nitrogens is 1. The van der Waals surface area contributed by atoms with Crippen molar-refractivity contribution in [3.8, 4) is 5.75 Å². The van der Waals surface area contributed by atoms with Crippen LogP contribution in [0.25, 0.3) is 11.0 Å². The number of sulfonamides is 1. The summed E-state index contributed by atoms with van der Waals surface area (Å²) in [5.41, 5.74) is 2.10. The number of nitrogens with two attached hydrogens (primary N) is 1. The first-order chi connectivity index (χ1) is 13.3. The number of carbonyl (C=O) groups excluding carboxylic acids is 1. The van der Waals surface area contributed by atoms with E-state index >= 15 is 0 Å². The summed E-state index contributed by atoms with van der Waals surface area (Å²) in [4.78, 5) is 20.1. The van der Waals surface area contributed by atoms with Crippen molar-refractivity contribution < 1.29 is 17.9 Å². The van der Waals surface area contributed by atoms with Gasteiger partial charge in [-0.3, -0.25) is 4.79 Å². The molecule has 8 nitrogen and oxygen atoms in total. The van der Waals surface area contributed by atoms with Crippen LogP contribution in [0, 0.1) is 0 Å². The molecule has 0 saturated carbocycles. The first-order valence-corrected chi connectivity index (χ1v) is 10.9. The Morgan fingerprint density at radius 2 is 2.00 bits per heavy atom. The number of imidazole rings is 1. The van der Waals surface area contributed by atoms with Gasteiger partial charge in [-0.05, 0) is 50.2 Å². The number of primary sulfonamides is 1. The molecule has 0 aliphatic heterocycles. The molecule has 0 aliphatic carbocycles. The lowest BCUT2D eigenvalue weighted by Crippen LogP contribution is -2.22. The number of hydrogen-bond donors (Lipinski definition) is 3. The maximum Gasteiger partial charge on any atom is 0.238 e. The van der Waals surface area contributed by atoms with Gasteiger partial charge in [-0.15, -0.1) is 0 Å². The fraction of sp³-hybridized carbons (Fsp3) is 0.222. The number of hydrogen-bond acceptors (Lipinski definition) is 6. The molecule has 148 valence electrons. The van der Waals surface area contributed by atoms with Gasteiger partial charge in [0.25, 0.3) is 0 Å². The third-order valence-electron chi connectivity index (χ3n) is 3.85. The molecular formula is C18H20N4O4S2. The molecule has 3 rings (SSSR count). The van der Waals surface area contributed by atoms with Crippen molar-refractivity contribution in [1.29, 1.82) is 0 Å². The van der Waals surface area contributed by atoms with Gasteiger partial charge < -0.3 is 15.0 Å². The van der Waals surface area contributed by atoms with Crippen LogP contribution < -0.4 is 15.2 Å². The van der Waals surface area contributed by atoms with Gasteiger partial charge in [-0.1, -0.05) is 11.8 Å². The van der Waals surface area contributed by atoms with Crippen molar-refractivity contribution in [2.75, 3.05) is 11.9 Å². The van der Waals surface area contributed by atoms with Gasteiger partial charge in [-0.2, -0.15) is 0 Å². The van der Waals surface area contributed by atoms with Gasteiger partial charge in [0.2, 0.25) is 15.9 Å². The van der Waals surface area contributed by atoms with Gasteiger partial charge in [0.05, 0.1) is 27.8 Å². The minimum absolute atomic E-state index is 0.0124. The molecule has 1 atom stereocenters. The van der Waals surface area contributed by atoms with Crippen LogP contribution in [0.4, 0.5) is 5.69 Å². The topological polar surface area (TPSA) is 127 Å². The molecule has 28 heavy (non-hydrogen) atoms. The van der Waals surface area contributed by atoms with Gasteiger partial charge in [0.1, 0.15) is 5.75 Å². The Balaban J connectivity index is 1.66. The highest BCUT2D eigenvalue weighted by atomic mass is 32.2. The summed E-state index contributed by atoms with van der Waals surface area (Å²) in [7, 11) is -3.76. The third-order valence-corrected chi connectivity index (χ3v) is 5.76. The van der Waals surface area contributed by atoms with E-state index in [9.17, 15) is 13.2 Å². The van der Waals surface area contributed by atoms with E-state index < -0.39 is 15.3 Å². The highest BCUT2D eigenvalue weighted by Gasteiger charge is 2.17. The molecule has 0 saturated heterocycles. The highest BCUT2D eigenvalue weighted by Crippen LogP contribution is 2.26. The minimum atomic E-state index is -3.76. The van der Waals surface area contributed by atoms with E-state index in [0.717, 1.165) is 16.8 Å². The van der Waals surface area contributed by atoms with E-state index in [4.69, 9.17) is 9.88 Å². The molecule has 0 bridgehead atoms. The average molecular weight is 421 g/mol. The monoisotopic (exact) mass is 420 g/mol. The largest absolute Gasteiger partial charge is 0.494 e. The number of nitrogens with zero attached hydrogens (tertiary/aromatic N) is 1. The number of amides is 1. The zero-order valence-corrected chi connectivity index (χ0v) is 16.9. The molecule has 0 spiro atoms.